The smallest absolute Gasteiger partial charge is 0.222 e. The lowest BCUT2D eigenvalue weighted by Crippen LogP contribution is -2.27. The molecule has 0 aliphatic heterocycles. The van der Waals surface area contributed by atoms with Gasteiger partial charge < -0.3 is 0 Å². The molecule has 2 rings (SSSR count). The van der Waals surface area contributed by atoms with Crippen LogP contribution in [0.15, 0.2) is 60.7 Å². The van der Waals surface area contributed by atoms with Gasteiger partial charge in [-0.15, -0.1) is 0 Å². The molecular formula is C24H32N2O2. The number of nitrogens with one attached hydrogen (secondary N) is 2. The Morgan fingerprint density at radius 1 is 0.679 bits per heavy atom. The third-order valence-electron chi connectivity index (χ3n) is 4.79. The van der Waals surface area contributed by atoms with Gasteiger partial charge in [-0.3, -0.25) is 0 Å². The Balaban J connectivity index is 0.00000108. The van der Waals surface area contributed by atoms with Crippen LogP contribution in [0.4, 0.5) is 0 Å². The lowest BCUT2D eigenvalue weighted by Gasteiger charge is -2.35. The maximum atomic E-state index is 8.35. The summed E-state index contributed by atoms with van der Waals surface area (Å²) in [5.41, 5.74) is 3.16. The molecule has 0 unspecified atom stereocenters. The van der Waals surface area contributed by atoms with E-state index < -0.39 is 0 Å². The number of benzene rings is 2. The van der Waals surface area contributed by atoms with Crippen LogP contribution >= 0.6 is 0 Å². The van der Waals surface area contributed by atoms with E-state index >= 15 is 0 Å². The van der Waals surface area contributed by atoms with Crippen LogP contribution in [0, 0.1) is 10.8 Å². The predicted molar refractivity (Wildman–Crippen MR) is 114 cm³/mol. The molecule has 0 aliphatic carbocycles. The van der Waals surface area contributed by atoms with Gasteiger partial charge in [0.25, 0.3) is 0 Å². The van der Waals surface area contributed by atoms with Crippen molar-refractivity contribution < 1.29 is 9.59 Å². The Morgan fingerprint density at radius 3 is 1.46 bits per heavy atom. The van der Waals surface area contributed by atoms with E-state index in [0.717, 1.165) is 12.2 Å². The van der Waals surface area contributed by atoms with Crippen LogP contribution in [0.5, 0.6) is 0 Å². The van der Waals surface area contributed by atoms with Crippen LogP contribution in [0.25, 0.3) is 0 Å². The van der Waals surface area contributed by atoms with Gasteiger partial charge >= 0.3 is 0 Å². The molecule has 0 atom stereocenters. The highest BCUT2D eigenvalue weighted by Crippen LogP contribution is 2.41. The van der Waals surface area contributed by atoms with Crippen molar-refractivity contribution in [2.75, 3.05) is 0 Å². The Bertz CT molecular complexity index is 636. The minimum Gasteiger partial charge on any atom is -0.222 e. The molecule has 2 aromatic carbocycles. The number of rotatable bonds is 9. The second-order valence-electron chi connectivity index (χ2n) is 6.58. The van der Waals surface area contributed by atoms with Gasteiger partial charge in [0.05, 0.1) is 0 Å². The number of unbranched alkanes of at least 4 members (excludes halogenated alkanes) is 3. The Kier molecular flexibility index (Phi) is 14.7. The molecular weight excluding hydrogens is 348 g/mol. The topological polar surface area (TPSA) is 81.8 Å². The lowest BCUT2D eigenvalue weighted by atomic mass is 9.68. The van der Waals surface area contributed by atoms with Crippen LogP contribution < -0.4 is 0 Å². The van der Waals surface area contributed by atoms with Gasteiger partial charge in [0.15, 0.2) is 0 Å². The Hall–Kier alpha value is -2.80. The molecule has 4 nitrogen and oxygen atoms in total. The summed E-state index contributed by atoms with van der Waals surface area (Å²) in [5.74, 6) is 0. The van der Waals surface area contributed by atoms with Crippen molar-refractivity contribution in [1.82, 2.24) is 0 Å². The van der Waals surface area contributed by atoms with Gasteiger partial charge in [0, 0.05) is 5.41 Å². The first-order valence-corrected chi connectivity index (χ1v) is 9.85. The fourth-order valence-electron chi connectivity index (χ4n) is 3.66. The summed E-state index contributed by atoms with van der Waals surface area (Å²) in [4.78, 5) is 16.7. The van der Waals surface area contributed by atoms with E-state index in [-0.39, 0.29) is 5.41 Å². The fraction of sp³-hybridized carbons (Fsp3) is 0.417. The molecule has 150 valence electrons. The second kappa shape index (κ2) is 16.4. The second-order valence-corrected chi connectivity index (χ2v) is 6.58. The molecule has 4 heteroatoms. The molecule has 0 bridgehead atoms. The number of hydrogen-bond acceptors (Lipinski definition) is 4. The van der Waals surface area contributed by atoms with Gasteiger partial charge in [0.1, 0.15) is 0 Å². The molecule has 0 saturated carbocycles. The summed E-state index contributed by atoms with van der Waals surface area (Å²) < 4.78 is 0. The molecule has 0 saturated heterocycles. The fourth-order valence-corrected chi connectivity index (χ4v) is 3.66. The summed E-state index contributed by atoms with van der Waals surface area (Å²) in [5, 5.41) is 10.8. The van der Waals surface area contributed by atoms with E-state index in [1.807, 2.05) is 0 Å². The maximum Gasteiger partial charge on any atom is 0.231 e. The van der Waals surface area contributed by atoms with Crippen molar-refractivity contribution >= 4 is 12.2 Å². The van der Waals surface area contributed by atoms with E-state index in [1.165, 1.54) is 56.1 Å². The highest BCUT2D eigenvalue weighted by Gasteiger charge is 2.32. The zero-order valence-electron chi connectivity index (χ0n) is 17.0. The highest BCUT2D eigenvalue weighted by atomic mass is 16.1. The van der Waals surface area contributed by atoms with Crippen LogP contribution in [0.2, 0.25) is 0 Å². The first-order chi connectivity index (χ1) is 13.7. The molecule has 0 heterocycles. The molecule has 2 aromatic rings. The van der Waals surface area contributed by atoms with Crippen LogP contribution in [-0.4, -0.2) is 12.2 Å². The van der Waals surface area contributed by atoms with Crippen molar-refractivity contribution in [2.45, 2.75) is 64.2 Å². The molecule has 28 heavy (non-hydrogen) atoms. The normalized spacial score (nSPS) is 9.64. The van der Waals surface area contributed by atoms with Gasteiger partial charge in [-0.1, -0.05) is 107 Å². The number of hydrogen-bond donors (Lipinski definition) is 2. The monoisotopic (exact) mass is 380 g/mol. The average Bonchev–Trinajstić information content (AvgIpc) is 2.73. The molecule has 0 aliphatic rings. The van der Waals surface area contributed by atoms with Crippen molar-refractivity contribution in [1.29, 1.82) is 10.8 Å². The maximum absolute atomic E-state index is 8.35. The van der Waals surface area contributed by atoms with E-state index in [1.54, 1.807) is 0 Å². The summed E-state index contributed by atoms with van der Waals surface area (Å²) in [6.07, 6.45) is 10.5. The van der Waals surface area contributed by atoms with E-state index in [0.29, 0.717) is 0 Å². The van der Waals surface area contributed by atoms with Crippen molar-refractivity contribution in [3.8, 4) is 0 Å². The van der Waals surface area contributed by atoms with Gasteiger partial charge in [0.2, 0.25) is 12.2 Å². The minimum absolute atomic E-state index is 0.186. The number of carbonyl (C=O) groups excluding carboxylic acids is 2. The quantitative estimate of drug-likeness (QED) is 0.294. The summed E-state index contributed by atoms with van der Waals surface area (Å²) in [7, 11) is 0. The van der Waals surface area contributed by atoms with Crippen LogP contribution in [0.3, 0.4) is 0 Å². The molecule has 0 radical (unpaired) electrons. The first kappa shape index (κ1) is 25.2. The Morgan fingerprint density at radius 2 is 1.11 bits per heavy atom. The van der Waals surface area contributed by atoms with Crippen LogP contribution in [-0.2, 0) is 15.0 Å². The average molecular weight is 381 g/mol. The SMILES string of the molecule is CCCCCCC(CCC)(c1ccccc1)c1ccccc1.N=C=O.N=C=O. The molecule has 0 aromatic heterocycles. The summed E-state index contributed by atoms with van der Waals surface area (Å²) in [6.45, 7) is 4.60. The van der Waals surface area contributed by atoms with Gasteiger partial charge in [-0.25, -0.2) is 20.4 Å². The molecule has 2 N–H and O–H groups in total. The van der Waals surface area contributed by atoms with Crippen LogP contribution in [0.1, 0.15) is 69.9 Å². The van der Waals surface area contributed by atoms with E-state index in [4.69, 9.17) is 20.4 Å². The zero-order valence-corrected chi connectivity index (χ0v) is 17.0. The molecule has 0 spiro atoms. The predicted octanol–water partition coefficient (Wildman–Crippen LogP) is 6.55. The lowest BCUT2D eigenvalue weighted by molar-refractivity contribution is 0.408. The standard InChI is InChI=1S/C22H30.2CHNO/c1-3-5-6-13-19-22(18-4-2,20-14-9-7-10-15-20)21-16-11-8-12-17-21;2*2-1-3/h7-12,14-17H,3-6,13,18-19H2,1-2H3;2*2H. The van der Waals surface area contributed by atoms with Gasteiger partial charge in [-0.2, -0.15) is 0 Å². The minimum atomic E-state index is 0.186. The largest absolute Gasteiger partial charge is 0.231 e. The third kappa shape index (κ3) is 8.73. The van der Waals surface area contributed by atoms with Crippen molar-refractivity contribution in [3.63, 3.8) is 0 Å². The van der Waals surface area contributed by atoms with E-state index in [2.05, 4.69) is 74.5 Å². The van der Waals surface area contributed by atoms with Crippen molar-refractivity contribution in [3.05, 3.63) is 71.8 Å². The molecule has 0 fully saturated rings. The summed E-state index contributed by atoms with van der Waals surface area (Å²) in [6, 6.07) is 22.3. The first-order valence-electron chi connectivity index (χ1n) is 9.85. The Labute approximate surface area is 169 Å². The van der Waals surface area contributed by atoms with Gasteiger partial charge in [-0.05, 0) is 24.0 Å². The summed E-state index contributed by atoms with van der Waals surface area (Å²) >= 11 is 0. The van der Waals surface area contributed by atoms with E-state index in [9.17, 15) is 0 Å². The molecule has 0 amide bonds. The van der Waals surface area contributed by atoms with Crippen molar-refractivity contribution in [2.24, 2.45) is 0 Å². The number of isocyanates is 2. The highest BCUT2D eigenvalue weighted by molar-refractivity contribution is 5.39. The third-order valence-corrected chi connectivity index (χ3v) is 4.79. The zero-order chi connectivity index (χ0) is 21.1.